The Balaban J connectivity index is 1.88. The van der Waals surface area contributed by atoms with E-state index in [1.54, 1.807) is 7.11 Å². The molecule has 1 amide bonds. The van der Waals surface area contributed by atoms with Crippen LogP contribution in [0, 0.1) is 0 Å². The van der Waals surface area contributed by atoms with Crippen molar-refractivity contribution in [3.63, 3.8) is 0 Å². The van der Waals surface area contributed by atoms with Crippen molar-refractivity contribution >= 4 is 5.91 Å². The standard InChI is InChI=1S/C14H20N2O2/c1-18-13-8-3-2-6-11(13)10-16-14(17)12-7-4-5-9-15-12/h2-3,6,8,12,15H,4-5,7,9-10H2,1H3,(H,16,17)/t12-/m1/s1. The molecule has 2 N–H and O–H groups in total. The van der Waals surface area contributed by atoms with Gasteiger partial charge >= 0.3 is 0 Å². The van der Waals surface area contributed by atoms with Crippen LogP contribution in [0.25, 0.3) is 0 Å². The van der Waals surface area contributed by atoms with Crippen LogP contribution < -0.4 is 15.4 Å². The van der Waals surface area contributed by atoms with E-state index in [4.69, 9.17) is 4.74 Å². The number of carbonyl (C=O) groups excluding carboxylic acids is 1. The predicted molar refractivity (Wildman–Crippen MR) is 70.5 cm³/mol. The zero-order chi connectivity index (χ0) is 12.8. The SMILES string of the molecule is COc1ccccc1CNC(=O)[C@H]1CCCCN1. The van der Waals surface area contributed by atoms with Crippen LogP contribution in [-0.4, -0.2) is 25.6 Å². The molecule has 1 aliphatic rings. The van der Waals surface area contributed by atoms with Crippen LogP contribution in [0.4, 0.5) is 0 Å². The molecule has 0 radical (unpaired) electrons. The Hall–Kier alpha value is -1.55. The second-order valence-corrected chi connectivity index (χ2v) is 4.53. The number of hydrogen-bond donors (Lipinski definition) is 2. The van der Waals surface area contributed by atoms with Crippen molar-refractivity contribution in [1.82, 2.24) is 10.6 Å². The predicted octanol–water partition coefficient (Wildman–Crippen LogP) is 1.45. The zero-order valence-corrected chi connectivity index (χ0v) is 10.7. The van der Waals surface area contributed by atoms with Crippen molar-refractivity contribution < 1.29 is 9.53 Å². The van der Waals surface area contributed by atoms with Crippen LogP contribution in [0.1, 0.15) is 24.8 Å². The van der Waals surface area contributed by atoms with Gasteiger partial charge in [-0.05, 0) is 25.5 Å². The highest BCUT2D eigenvalue weighted by atomic mass is 16.5. The van der Waals surface area contributed by atoms with Crippen LogP contribution in [0.15, 0.2) is 24.3 Å². The molecule has 1 atom stereocenters. The molecular formula is C14H20N2O2. The molecule has 4 nitrogen and oxygen atoms in total. The molecule has 1 saturated heterocycles. The smallest absolute Gasteiger partial charge is 0.237 e. The van der Waals surface area contributed by atoms with Crippen LogP contribution in [0.5, 0.6) is 5.75 Å². The highest BCUT2D eigenvalue weighted by Gasteiger charge is 2.20. The Labute approximate surface area is 108 Å². The number of methoxy groups -OCH3 is 1. The largest absolute Gasteiger partial charge is 0.496 e. The van der Waals surface area contributed by atoms with E-state index in [1.807, 2.05) is 24.3 Å². The van der Waals surface area contributed by atoms with Crippen LogP contribution in [0.3, 0.4) is 0 Å². The lowest BCUT2D eigenvalue weighted by molar-refractivity contribution is -0.123. The molecule has 0 bridgehead atoms. The second kappa shape index (κ2) is 6.40. The minimum absolute atomic E-state index is 0.0338. The number of ether oxygens (including phenoxy) is 1. The fourth-order valence-corrected chi connectivity index (χ4v) is 2.23. The summed E-state index contributed by atoms with van der Waals surface area (Å²) in [4.78, 5) is 12.0. The van der Waals surface area contributed by atoms with Crippen molar-refractivity contribution in [2.45, 2.75) is 31.8 Å². The van der Waals surface area contributed by atoms with Crippen molar-refractivity contribution in [2.75, 3.05) is 13.7 Å². The van der Waals surface area contributed by atoms with Crippen LogP contribution >= 0.6 is 0 Å². The lowest BCUT2D eigenvalue weighted by atomic mass is 10.0. The first kappa shape index (κ1) is 12.9. The van der Waals surface area contributed by atoms with Gasteiger partial charge in [0, 0.05) is 12.1 Å². The Morgan fingerprint density at radius 2 is 2.28 bits per heavy atom. The van der Waals surface area contributed by atoms with E-state index >= 15 is 0 Å². The summed E-state index contributed by atoms with van der Waals surface area (Å²) in [5.74, 6) is 0.898. The van der Waals surface area contributed by atoms with Gasteiger partial charge in [-0.1, -0.05) is 24.6 Å². The Kier molecular flexibility index (Phi) is 4.59. The van der Waals surface area contributed by atoms with Gasteiger partial charge in [0.25, 0.3) is 0 Å². The number of nitrogens with one attached hydrogen (secondary N) is 2. The third kappa shape index (κ3) is 3.23. The maximum absolute atomic E-state index is 12.0. The summed E-state index contributed by atoms with van der Waals surface area (Å²) >= 11 is 0. The highest BCUT2D eigenvalue weighted by Crippen LogP contribution is 2.17. The van der Waals surface area contributed by atoms with E-state index in [1.165, 1.54) is 0 Å². The van der Waals surface area contributed by atoms with Gasteiger partial charge in [-0.25, -0.2) is 0 Å². The number of amides is 1. The Morgan fingerprint density at radius 1 is 1.44 bits per heavy atom. The molecule has 1 heterocycles. The Bertz CT molecular complexity index is 401. The third-order valence-corrected chi connectivity index (χ3v) is 3.27. The number of benzene rings is 1. The summed E-state index contributed by atoms with van der Waals surface area (Å²) in [5.41, 5.74) is 1.00. The van der Waals surface area contributed by atoms with Crippen molar-refractivity contribution in [2.24, 2.45) is 0 Å². The van der Waals surface area contributed by atoms with Gasteiger partial charge in [-0.3, -0.25) is 4.79 Å². The molecule has 18 heavy (non-hydrogen) atoms. The first-order valence-electron chi connectivity index (χ1n) is 6.44. The number of rotatable bonds is 4. The van der Waals surface area contributed by atoms with Gasteiger partial charge in [0.1, 0.15) is 5.75 Å². The molecule has 0 aliphatic carbocycles. The summed E-state index contributed by atoms with van der Waals surface area (Å²) in [6.45, 7) is 1.45. The van der Waals surface area contributed by atoms with Crippen molar-refractivity contribution in [1.29, 1.82) is 0 Å². The van der Waals surface area contributed by atoms with Gasteiger partial charge < -0.3 is 15.4 Å². The van der Waals surface area contributed by atoms with E-state index in [9.17, 15) is 4.79 Å². The summed E-state index contributed by atoms with van der Waals surface area (Å²) in [6, 6.07) is 7.71. The minimum Gasteiger partial charge on any atom is -0.496 e. The molecule has 2 rings (SSSR count). The quantitative estimate of drug-likeness (QED) is 0.848. The third-order valence-electron chi connectivity index (χ3n) is 3.27. The average Bonchev–Trinajstić information content (AvgIpc) is 2.46. The number of carbonyl (C=O) groups is 1. The lowest BCUT2D eigenvalue weighted by Gasteiger charge is -2.22. The van der Waals surface area contributed by atoms with Crippen LogP contribution in [-0.2, 0) is 11.3 Å². The fourth-order valence-electron chi connectivity index (χ4n) is 2.23. The average molecular weight is 248 g/mol. The fraction of sp³-hybridized carbons (Fsp3) is 0.500. The molecule has 1 fully saturated rings. The monoisotopic (exact) mass is 248 g/mol. The van der Waals surface area contributed by atoms with Crippen molar-refractivity contribution in [3.8, 4) is 5.75 Å². The maximum atomic E-state index is 12.0. The van der Waals surface area contributed by atoms with Crippen LogP contribution in [0.2, 0.25) is 0 Å². The molecular weight excluding hydrogens is 228 g/mol. The summed E-state index contributed by atoms with van der Waals surface area (Å²) in [5, 5.41) is 6.20. The number of para-hydroxylation sites is 1. The molecule has 1 aromatic carbocycles. The molecule has 0 saturated carbocycles. The van der Waals surface area contributed by atoms with E-state index in [2.05, 4.69) is 10.6 Å². The highest BCUT2D eigenvalue weighted by molar-refractivity contribution is 5.81. The summed E-state index contributed by atoms with van der Waals surface area (Å²) in [6.07, 6.45) is 3.22. The van der Waals surface area contributed by atoms with Gasteiger partial charge in [-0.2, -0.15) is 0 Å². The first-order valence-corrected chi connectivity index (χ1v) is 6.44. The topological polar surface area (TPSA) is 50.4 Å². The molecule has 4 heteroatoms. The number of piperidine rings is 1. The maximum Gasteiger partial charge on any atom is 0.237 e. The minimum atomic E-state index is -0.0338. The Morgan fingerprint density at radius 3 is 3.00 bits per heavy atom. The summed E-state index contributed by atoms with van der Waals surface area (Å²) in [7, 11) is 1.64. The molecule has 1 aromatic rings. The van der Waals surface area contributed by atoms with Gasteiger partial charge in [0.2, 0.25) is 5.91 Å². The van der Waals surface area contributed by atoms with E-state index < -0.39 is 0 Å². The molecule has 0 unspecified atom stereocenters. The van der Waals surface area contributed by atoms with Gasteiger partial charge in [-0.15, -0.1) is 0 Å². The first-order chi connectivity index (χ1) is 8.81. The van der Waals surface area contributed by atoms with Gasteiger partial charge in [0.15, 0.2) is 0 Å². The normalized spacial score (nSPS) is 19.3. The molecule has 98 valence electrons. The second-order valence-electron chi connectivity index (χ2n) is 4.53. The van der Waals surface area contributed by atoms with E-state index in [0.717, 1.165) is 37.1 Å². The zero-order valence-electron chi connectivity index (χ0n) is 10.7. The lowest BCUT2D eigenvalue weighted by Crippen LogP contribution is -2.46. The summed E-state index contributed by atoms with van der Waals surface area (Å²) < 4.78 is 5.26. The molecule has 0 aromatic heterocycles. The van der Waals surface area contributed by atoms with Gasteiger partial charge in [0.05, 0.1) is 13.2 Å². The van der Waals surface area contributed by atoms with E-state index in [-0.39, 0.29) is 11.9 Å². The molecule has 1 aliphatic heterocycles. The van der Waals surface area contributed by atoms with E-state index in [0.29, 0.717) is 6.54 Å². The number of hydrogen-bond acceptors (Lipinski definition) is 3. The molecule has 0 spiro atoms. The van der Waals surface area contributed by atoms with Crippen molar-refractivity contribution in [3.05, 3.63) is 29.8 Å².